The summed E-state index contributed by atoms with van der Waals surface area (Å²) in [6, 6.07) is 4.94. The van der Waals surface area contributed by atoms with Crippen molar-refractivity contribution in [2.45, 2.75) is 26.9 Å². The lowest BCUT2D eigenvalue weighted by molar-refractivity contribution is -0.123. The molecule has 2 aromatic heterocycles. The van der Waals surface area contributed by atoms with Crippen LogP contribution in [0, 0.1) is 13.8 Å². The molecular formula is C16H16N4O4S. The van der Waals surface area contributed by atoms with E-state index in [2.05, 4.69) is 20.3 Å². The second-order valence-corrected chi connectivity index (χ2v) is 6.73. The van der Waals surface area contributed by atoms with Gasteiger partial charge in [0.2, 0.25) is 0 Å². The average molecular weight is 360 g/mol. The van der Waals surface area contributed by atoms with Gasteiger partial charge in [-0.15, -0.1) is 11.3 Å². The molecule has 0 radical (unpaired) electrons. The Hall–Kier alpha value is -2.94. The first-order chi connectivity index (χ1) is 11.8. The number of benzene rings is 1. The monoisotopic (exact) mass is 360 g/mol. The molecule has 0 aliphatic heterocycles. The van der Waals surface area contributed by atoms with Gasteiger partial charge in [0.1, 0.15) is 4.88 Å². The highest BCUT2D eigenvalue weighted by Gasteiger charge is 2.22. The Morgan fingerprint density at radius 3 is 2.64 bits per heavy atom. The zero-order chi connectivity index (χ0) is 18.1. The summed E-state index contributed by atoms with van der Waals surface area (Å²) in [5.74, 6) is -1.04. The molecule has 9 heteroatoms. The van der Waals surface area contributed by atoms with Crippen molar-refractivity contribution in [1.29, 1.82) is 0 Å². The van der Waals surface area contributed by atoms with Crippen molar-refractivity contribution in [3.05, 3.63) is 44.3 Å². The highest BCUT2D eigenvalue weighted by Crippen LogP contribution is 2.19. The number of esters is 1. The zero-order valence-electron chi connectivity index (χ0n) is 13.8. The molecule has 0 bridgehead atoms. The van der Waals surface area contributed by atoms with Crippen molar-refractivity contribution in [3.8, 4) is 0 Å². The summed E-state index contributed by atoms with van der Waals surface area (Å²) in [5, 5.41) is 3.42. The maximum atomic E-state index is 12.2. The van der Waals surface area contributed by atoms with Crippen LogP contribution in [-0.2, 0) is 9.53 Å². The van der Waals surface area contributed by atoms with Gasteiger partial charge in [0.15, 0.2) is 6.10 Å². The number of ether oxygens (including phenoxy) is 1. The summed E-state index contributed by atoms with van der Waals surface area (Å²) < 4.78 is 5.21. The molecule has 1 atom stereocenters. The summed E-state index contributed by atoms with van der Waals surface area (Å²) in [5.41, 5.74) is 1.96. The number of rotatable bonds is 4. The fraction of sp³-hybridized carbons (Fsp3) is 0.250. The Balaban J connectivity index is 1.68. The fourth-order valence-electron chi connectivity index (χ4n) is 2.34. The number of carbonyl (C=O) groups excluding carboxylic acids is 2. The Bertz CT molecular complexity index is 1020. The van der Waals surface area contributed by atoms with Gasteiger partial charge in [0.05, 0.1) is 21.7 Å². The van der Waals surface area contributed by atoms with Crippen LogP contribution in [0.1, 0.15) is 27.3 Å². The number of hydrogen-bond donors (Lipinski definition) is 3. The molecule has 1 amide bonds. The number of nitrogens with one attached hydrogen (secondary N) is 3. The Morgan fingerprint density at radius 2 is 1.96 bits per heavy atom. The number of nitrogens with zero attached hydrogens (tertiary/aromatic N) is 1. The van der Waals surface area contributed by atoms with Crippen molar-refractivity contribution in [3.63, 3.8) is 0 Å². The summed E-state index contributed by atoms with van der Waals surface area (Å²) in [6.07, 6.45) is -0.977. The molecule has 0 spiro atoms. The first-order valence-corrected chi connectivity index (χ1v) is 8.33. The van der Waals surface area contributed by atoms with Gasteiger partial charge in [-0.2, -0.15) is 0 Å². The maximum Gasteiger partial charge on any atom is 0.351 e. The lowest BCUT2D eigenvalue weighted by Gasteiger charge is -2.13. The summed E-state index contributed by atoms with van der Waals surface area (Å²) in [4.78, 5) is 45.4. The second-order valence-electron chi connectivity index (χ2n) is 5.52. The molecular weight excluding hydrogens is 344 g/mol. The van der Waals surface area contributed by atoms with E-state index in [4.69, 9.17) is 4.74 Å². The minimum atomic E-state index is -0.977. The van der Waals surface area contributed by atoms with Gasteiger partial charge in [-0.05, 0) is 39.0 Å². The minimum Gasteiger partial charge on any atom is -0.448 e. The Morgan fingerprint density at radius 1 is 1.24 bits per heavy atom. The number of anilines is 1. The maximum absolute atomic E-state index is 12.2. The van der Waals surface area contributed by atoms with Crippen LogP contribution in [0.25, 0.3) is 11.0 Å². The predicted octanol–water partition coefficient (Wildman–Crippen LogP) is 2.11. The molecule has 3 rings (SSSR count). The molecule has 130 valence electrons. The number of H-pyrrole nitrogens is 2. The van der Waals surface area contributed by atoms with Gasteiger partial charge < -0.3 is 20.0 Å². The van der Waals surface area contributed by atoms with E-state index in [1.807, 2.05) is 0 Å². The van der Waals surface area contributed by atoms with E-state index in [-0.39, 0.29) is 5.69 Å². The van der Waals surface area contributed by atoms with Crippen LogP contribution in [0.3, 0.4) is 0 Å². The zero-order valence-corrected chi connectivity index (χ0v) is 14.6. The number of carbonyl (C=O) groups is 2. The molecule has 0 unspecified atom stereocenters. The third-order valence-electron chi connectivity index (χ3n) is 3.53. The van der Waals surface area contributed by atoms with Crippen molar-refractivity contribution in [2.24, 2.45) is 0 Å². The standard InChI is InChI=1S/C16H16N4O4S/c1-7-13(25-9(3)17-7)15(22)24-8(2)14(21)18-10-4-5-11-12(6-10)20-16(23)19-11/h4-6,8H,1-3H3,(H,18,21)(H2,19,20,23)/t8-/m0/s1. The van der Waals surface area contributed by atoms with Crippen LogP contribution in [0.4, 0.5) is 5.69 Å². The molecule has 0 saturated carbocycles. The van der Waals surface area contributed by atoms with Crippen molar-refractivity contribution >= 4 is 39.9 Å². The van der Waals surface area contributed by atoms with Crippen LogP contribution < -0.4 is 11.0 Å². The van der Waals surface area contributed by atoms with Crippen molar-refractivity contribution in [1.82, 2.24) is 15.0 Å². The van der Waals surface area contributed by atoms with E-state index in [1.165, 1.54) is 18.3 Å². The fourth-order valence-corrected chi connectivity index (χ4v) is 3.15. The van der Waals surface area contributed by atoms with Gasteiger partial charge >= 0.3 is 11.7 Å². The molecule has 8 nitrogen and oxygen atoms in total. The van der Waals surface area contributed by atoms with Gasteiger partial charge in [-0.1, -0.05) is 0 Å². The van der Waals surface area contributed by atoms with E-state index < -0.39 is 18.0 Å². The third-order valence-corrected chi connectivity index (χ3v) is 4.58. The molecule has 25 heavy (non-hydrogen) atoms. The van der Waals surface area contributed by atoms with Crippen molar-refractivity contribution < 1.29 is 14.3 Å². The molecule has 2 heterocycles. The number of fused-ring (bicyclic) bond motifs is 1. The van der Waals surface area contributed by atoms with Crippen LogP contribution >= 0.6 is 11.3 Å². The quantitative estimate of drug-likeness (QED) is 0.616. The molecule has 0 fully saturated rings. The smallest absolute Gasteiger partial charge is 0.351 e. The second kappa shape index (κ2) is 6.52. The number of hydrogen-bond acceptors (Lipinski definition) is 6. The normalized spacial score (nSPS) is 12.1. The number of imidazole rings is 1. The van der Waals surface area contributed by atoms with E-state index in [1.54, 1.807) is 32.0 Å². The summed E-state index contributed by atoms with van der Waals surface area (Å²) in [7, 11) is 0. The molecule has 3 aromatic rings. The lowest BCUT2D eigenvalue weighted by atomic mass is 10.2. The highest BCUT2D eigenvalue weighted by molar-refractivity contribution is 7.13. The van der Waals surface area contributed by atoms with Gasteiger partial charge in [-0.25, -0.2) is 14.6 Å². The van der Waals surface area contributed by atoms with E-state index >= 15 is 0 Å². The SMILES string of the molecule is Cc1nc(C)c(C(=O)O[C@@H](C)C(=O)Nc2ccc3[nH]c(=O)[nH]c3c2)s1. The number of thiazole rings is 1. The topological polar surface area (TPSA) is 117 Å². The predicted molar refractivity (Wildman–Crippen MR) is 94.0 cm³/mol. The minimum absolute atomic E-state index is 0.323. The molecule has 0 saturated heterocycles. The first kappa shape index (κ1) is 16.9. The molecule has 0 aliphatic carbocycles. The molecule has 3 N–H and O–H groups in total. The first-order valence-electron chi connectivity index (χ1n) is 7.51. The molecule has 1 aromatic carbocycles. The van der Waals surface area contributed by atoms with Crippen LogP contribution in [0.5, 0.6) is 0 Å². The van der Waals surface area contributed by atoms with E-state index in [9.17, 15) is 14.4 Å². The third kappa shape index (κ3) is 3.61. The molecule has 0 aliphatic rings. The van der Waals surface area contributed by atoms with Gasteiger partial charge in [-0.3, -0.25) is 4.79 Å². The van der Waals surface area contributed by atoms with E-state index in [0.717, 1.165) is 5.01 Å². The lowest BCUT2D eigenvalue weighted by Crippen LogP contribution is -2.29. The van der Waals surface area contributed by atoms with Crippen LogP contribution in [0.15, 0.2) is 23.0 Å². The average Bonchev–Trinajstić information content (AvgIpc) is 3.07. The Kier molecular flexibility index (Phi) is 4.41. The highest BCUT2D eigenvalue weighted by atomic mass is 32.1. The summed E-state index contributed by atoms with van der Waals surface area (Å²) >= 11 is 1.23. The Labute approximate surface area is 146 Å². The number of aryl methyl sites for hydroxylation is 2. The summed E-state index contributed by atoms with van der Waals surface area (Å²) in [6.45, 7) is 5.01. The number of aromatic nitrogens is 3. The number of aromatic amines is 2. The van der Waals surface area contributed by atoms with Crippen LogP contribution in [0.2, 0.25) is 0 Å². The van der Waals surface area contributed by atoms with Crippen LogP contribution in [-0.4, -0.2) is 32.9 Å². The van der Waals surface area contributed by atoms with E-state index in [0.29, 0.717) is 27.3 Å². The van der Waals surface area contributed by atoms with Gasteiger partial charge in [0, 0.05) is 5.69 Å². The van der Waals surface area contributed by atoms with Crippen molar-refractivity contribution in [2.75, 3.05) is 5.32 Å². The number of amides is 1. The largest absolute Gasteiger partial charge is 0.448 e. The van der Waals surface area contributed by atoms with Gasteiger partial charge in [0.25, 0.3) is 5.91 Å².